The average Bonchev–Trinajstić information content (AvgIpc) is 3.32. The maximum absolute atomic E-state index is 13.0. The summed E-state index contributed by atoms with van der Waals surface area (Å²) in [7, 11) is 0. The lowest BCUT2D eigenvalue weighted by Crippen LogP contribution is -2.47. The van der Waals surface area contributed by atoms with Crippen molar-refractivity contribution in [2.75, 3.05) is 26.3 Å². The highest BCUT2D eigenvalue weighted by Crippen LogP contribution is 2.39. The monoisotopic (exact) mass is 427 g/mol. The number of cyclic esters (lactones) is 1. The van der Waals surface area contributed by atoms with Gasteiger partial charge in [-0.15, -0.1) is 0 Å². The summed E-state index contributed by atoms with van der Waals surface area (Å²) in [4.78, 5) is 27.8. The number of benzene rings is 1. The van der Waals surface area contributed by atoms with Crippen LogP contribution in [0.15, 0.2) is 24.3 Å². The Bertz CT molecular complexity index is 748. The highest BCUT2D eigenvalue weighted by Gasteiger charge is 2.43. The first-order valence-corrected chi connectivity index (χ1v) is 12.3. The second kappa shape index (κ2) is 10.5. The normalized spacial score (nSPS) is 22.7. The number of likely N-dealkylation sites (tertiary alicyclic amines) is 1. The van der Waals surface area contributed by atoms with E-state index < -0.39 is 5.41 Å². The largest absolute Gasteiger partial charge is 0.490 e. The van der Waals surface area contributed by atoms with E-state index in [0.717, 1.165) is 56.6 Å². The number of rotatable bonds is 3. The van der Waals surface area contributed by atoms with E-state index >= 15 is 0 Å². The first-order chi connectivity index (χ1) is 15.2. The molecule has 0 N–H and O–H groups in total. The Morgan fingerprint density at radius 2 is 1.71 bits per heavy atom. The Morgan fingerprint density at radius 3 is 2.52 bits per heavy atom. The molecule has 4 rings (SSSR count). The number of fused-ring (bicyclic) bond motifs is 1. The molecule has 170 valence electrons. The lowest BCUT2D eigenvalue weighted by Gasteiger charge is -2.40. The van der Waals surface area contributed by atoms with E-state index in [2.05, 4.69) is 12.1 Å². The van der Waals surface area contributed by atoms with Gasteiger partial charge in [-0.05, 0) is 56.1 Å². The van der Waals surface area contributed by atoms with Crippen molar-refractivity contribution in [3.63, 3.8) is 0 Å². The van der Waals surface area contributed by atoms with Crippen LogP contribution in [0.1, 0.15) is 76.2 Å². The van der Waals surface area contributed by atoms with E-state index in [1.54, 1.807) is 0 Å². The van der Waals surface area contributed by atoms with Gasteiger partial charge in [0, 0.05) is 19.5 Å². The highest BCUT2D eigenvalue weighted by molar-refractivity contribution is 5.79. The van der Waals surface area contributed by atoms with Crippen LogP contribution >= 0.6 is 0 Å². The minimum atomic E-state index is -0.444. The van der Waals surface area contributed by atoms with Crippen LogP contribution in [0, 0.1) is 11.3 Å². The lowest BCUT2D eigenvalue weighted by atomic mass is 9.74. The Kier molecular flexibility index (Phi) is 7.52. The predicted molar refractivity (Wildman–Crippen MR) is 120 cm³/mol. The van der Waals surface area contributed by atoms with Gasteiger partial charge in [0.1, 0.15) is 19.0 Å². The molecule has 2 heterocycles. The van der Waals surface area contributed by atoms with Crippen LogP contribution in [0.5, 0.6) is 5.75 Å². The first-order valence-electron chi connectivity index (χ1n) is 12.3. The number of hydrogen-bond acceptors (Lipinski definition) is 4. The predicted octanol–water partition coefficient (Wildman–Crippen LogP) is 4.91. The van der Waals surface area contributed by atoms with Crippen LogP contribution in [-0.2, 0) is 20.7 Å². The van der Waals surface area contributed by atoms with Gasteiger partial charge in [0.15, 0.2) is 0 Å². The number of ether oxygens (including phenoxy) is 2. The Morgan fingerprint density at radius 1 is 0.968 bits per heavy atom. The van der Waals surface area contributed by atoms with Crippen LogP contribution in [0.3, 0.4) is 0 Å². The Balaban J connectivity index is 1.32. The third-order valence-electron chi connectivity index (χ3n) is 7.65. The first kappa shape index (κ1) is 22.2. The lowest BCUT2D eigenvalue weighted by molar-refractivity contribution is -0.162. The SMILES string of the molecule is O=C(CCC1CCCC1)N1CCC2(CCCCc3ccccc3OCCOC2=O)CC1. The summed E-state index contributed by atoms with van der Waals surface area (Å²) in [5.74, 6) is 1.82. The summed E-state index contributed by atoms with van der Waals surface area (Å²) in [6.07, 6.45) is 12.2. The topological polar surface area (TPSA) is 55.8 Å². The molecule has 3 aliphatic rings. The van der Waals surface area contributed by atoms with E-state index in [1.807, 2.05) is 17.0 Å². The summed E-state index contributed by atoms with van der Waals surface area (Å²) in [5.41, 5.74) is 0.784. The van der Waals surface area contributed by atoms with Crippen molar-refractivity contribution >= 4 is 11.9 Å². The molecular formula is C26H37NO4. The van der Waals surface area contributed by atoms with Gasteiger partial charge in [0.05, 0.1) is 5.41 Å². The third kappa shape index (κ3) is 5.61. The van der Waals surface area contributed by atoms with Crippen LogP contribution < -0.4 is 4.74 Å². The number of amides is 1. The molecule has 1 aromatic rings. The molecule has 1 spiro atoms. The van der Waals surface area contributed by atoms with Crippen LogP contribution in [0.2, 0.25) is 0 Å². The quantitative estimate of drug-likeness (QED) is 0.643. The molecule has 5 nitrogen and oxygen atoms in total. The van der Waals surface area contributed by atoms with E-state index in [1.165, 1.54) is 31.2 Å². The van der Waals surface area contributed by atoms with Gasteiger partial charge >= 0.3 is 5.97 Å². The van der Waals surface area contributed by atoms with Crippen LogP contribution in [-0.4, -0.2) is 43.1 Å². The number of hydrogen-bond donors (Lipinski definition) is 0. The van der Waals surface area contributed by atoms with Crippen molar-refractivity contribution in [2.24, 2.45) is 11.3 Å². The minimum Gasteiger partial charge on any atom is -0.490 e. The summed E-state index contributed by atoms with van der Waals surface area (Å²) < 4.78 is 11.5. The maximum atomic E-state index is 13.0. The van der Waals surface area contributed by atoms with Gasteiger partial charge in [-0.25, -0.2) is 0 Å². The summed E-state index contributed by atoms with van der Waals surface area (Å²) in [6, 6.07) is 8.14. The molecule has 0 radical (unpaired) electrons. The third-order valence-corrected chi connectivity index (χ3v) is 7.65. The van der Waals surface area contributed by atoms with Gasteiger partial charge in [-0.1, -0.05) is 50.3 Å². The summed E-state index contributed by atoms with van der Waals surface area (Å²) in [5, 5.41) is 0. The average molecular weight is 428 g/mol. The molecule has 0 unspecified atom stereocenters. The fourth-order valence-electron chi connectivity index (χ4n) is 5.59. The molecular weight excluding hydrogens is 390 g/mol. The molecule has 1 amide bonds. The number of esters is 1. The molecule has 31 heavy (non-hydrogen) atoms. The maximum Gasteiger partial charge on any atom is 0.312 e. The zero-order valence-electron chi connectivity index (χ0n) is 18.8. The highest BCUT2D eigenvalue weighted by atomic mass is 16.6. The van der Waals surface area contributed by atoms with Crippen LogP contribution in [0.4, 0.5) is 0 Å². The van der Waals surface area contributed by atoms with Crippen molar-refractivity contribution < 1.29 is 19.1 Å². The van der Waals surface area contributed by atoms with Gasteiger partial charge in [-0.3, -0.25) is 9.59 Å². The van der Waals surface area contributed by atoms with Gasteiger partial charge in [0.2, 0.25) is 5.91 Å². The van der Waals surface area contributed by atoms with E-state index in [4.69, 9.17) is 9.47 Å². The fraction of sp³-hybridized carbons (Fsp3) is 0.692. The molecule has 0 aromatic heterocycles. The molecule has 0 bridgehead atoms. The zero-order chi connectivity index (χ0) is 21.5. The molecule has 2 aliphatic heterocycles. The number of piperidine rings is 1. The smallest absolute Gasteiger partial charge is 0.312 e. The van der Waals surface area contributed by atoms with E-state index in [-0.39, 0.29) is 18.5 Å². The molecule has 1 saturated carbocycles. The molecule has 5 heteroatoms. The minimum absolute atomic E-state index is 0.0944. The van der Waals surface area contributed by atoms with E-state index in [0.29, 0.717) is 26.1 Å². The number of carbonyl (C=O) groups excluding carboxylic acids is 2. The van der Waals surface area contributed by atoms with Crippen molar-refractivity contribution in [3.8, 4) is 5.75 Å². The fourth-order valence-corrected chi connectivity index (χ4v) is 5.59. The molecule has 2 fully saturated rings. The molecule has 1 saturated heterocycles. The standard InChI is InChI=1S/C26H37NO4/c28-24(13-12-21-7-1-2-8-21)27-17-15-26(16-18-27)14-6-5-10-22-9-3-4-11-23(22)30-19-20-31-25(26)29/h3-4,9,11,21H,1-2,5-8,10,12-20H2. The zero-order valence-corrected chi connectivity index (χ0v) is 18.8. The Hall–Kier alpha value is -2.04. The van der Waals surface area contributed by atoms with Crippen molar-refractivity contribution in [2.45, 2.75) is 77.0 Å². The van der Waals surface area contributed by atoms with E-state index in [9.17, 15) is 9.59 Å². The molecule has 1 aromatic carbocycles. The molecule has 0 atom stereocenters. The second-order valence-corrected chi connectivity index (χ2v) is 9.65. The van der Waals surface area contributed by atoms with Gasteiger partial charge in [-0.2, -0.15) is 0 Å². The summed E-state index contributed by atoms with van der Waals surface area (Å²) in [6.45, 7) is 2.01. The number of para-hydroxylation sites is 1. The van der Waals surface area contributed by atoms with Crippen molar-refractivity contribution in [1.82, 2.24) is 4.90 Å². The number of nitrogens with zero attached hydrogens (tertiary/aromatic N) is 1. The van der Waals surface area contributed by atoms with Gasteiger partial charge < -0.3 is 14.4 Å². The second-order valence-electron chi connectivity index (χ2n) is 9.65. The Labute approximate surface area is 186 Å². The van der Waals surface area contributed by atoms with Crippen LogP contribution in [0.25, 0.3) is 0 Å². The summed E-state index contributed by atoms with van der Waals surface area (Å²) >= 11 is 0. The number of carbonyl (C=O) groups is 2. The van der Waals surface area contributed by atoms with Crippen molar-refractivity contribution in [3.05, 3.63) is 29.8 Å². The van der Waals surface area contributed by atoms with Crippen molar-refractivity contribution in [1.29, 1.82) is 0 Å². The molecule has 1 aliphatic carbocycles. The number of aryl methyl sites for hydroxylation is 1. The van der Waals surface area contributed by atoms with Gasteiger partial charge in [0.25, 0.3) is 0 Å².